The van der Waals surface area contributed by atoms with Crippen LogP contribution in [-0.2, 0) is 4.79 Å². The van der Waals surface area contributed by atoms with Crippen molar-refractivity contribution < 1.29 is 14.6 Å². The average molecular weight is 386 g/mol. The second-order valence-corrected chi connectivity index (χ2v) is 7.44. The number of nitrogens with zero attached hydrogens (tertiary/aromatic N) is 2. The standard InChI is InChI=1S/C24H22N2O3/c27-18-7-5-6-17(16-18)25-12-14-26(15-13-25)24(28)23-19-8-1-3-10-21(19)29-22-11-4-2-9-20(22)23/h1-11,16,23,27H,12-15H2. The topological polar surface area (TPSA) is 53.0 Å². The lowest BCUT2D eigenvalue weighted by molar-refractivity contribution is -0.132. The number of amides is 1. The molecule has 0 unspecified atom stereocenters. The minimum Gasteiger partial charge on any atom is -0.508 e. The molecule has 1 saturated heterocycles. The van der Waals surface area contributed by atoms with Gasteiger partial charge in [0, 0.05) is 49.1 Å². The van der Waals surface area contributed by atoms with Crippen molar-refractivity contribution in [3.63, 3.8) is 0 Å². The summed E-state index contributed by atoms with van der Waals surface area (Å²) in [7, 11) is 0. The monoisotopic (exact) mass is 386 g/mol. The van der Waals surface area contributed by atoms with Crippen molar-refractivity contribution in [2.45, 2.75) is 5.92 Å². The molecule has 2 aliphatic rings. The van der Waals surface area contributed by atoms with Gasteiger partial charge >= 0.3 is 0 Å². The third-order valence-electron chi connectivity index (χ3n) is 5.71. The lowest BCUT2D eigenvalue weighted by atomic mass is 9.86. The predicted octanol–water partition coefficient (Wildman–Crippen LogP) is 3.98. The van der Waals surface area contributed by atoms with Gasteiger partial charge in [0.15, 0.2) is 0 Å². The van der Waals surface area contributed by atoms with E-state index in [4.69, 9.17) is 4.74 Å². The molecule has 5 heteroatoms. The first-order chi connectivity index (χ1) is 14.2. The van der Waals surface area contributed by atoms with Crippen LogP contribution in [-0.4, -0.2) is 42.1 Å². The highest BCUT2D eigenvalue weighted by molar-refractivity contribution is 5.90. The second-order valence-electron chi connectivity index (χ2n) is 7.44. The summed E-state index contributed by atoms with van der Waals surface area (Å²) >= 11 is 0. The highest BCUT2D eigenvalue weighted by Crippen LogP contribution is 2.44. The maximum Gasteiger partial charge on any atom is 0.234 e. The van der Waals surface area contributed by atoms with E-state index >= 15 is 0 Å². The highest BCUT2D eigenvalue weighted by atomic mass is 16.5. The summed E-state index contributed by atoms with van der Waals surface area (Å²) in [4.78, 5) is 17.7. The van der Waals surface area contributed by atoms with Gasteiger partial charge in [-0.3, -0.25) is 4.79 Å². The lowest BCUT2D eigenvalue weighted by Gasteiger charge is -2.38. The van der Waals surface area contributed by atoms with Crippen molar-refractivity contribution >= 4 is 11.6 Å². The van der Waals surface area contributed by atoms with Crippen LogP contribution >= 0.6 is 0 Å². The van der Waals surface area contributed by atoms with Crippen molar-refractivity contribution in [2.24, 2.45) is 0 Å². The Kier molecular flexibility index (Phi) is 4.35. The third-order valence-corrected chi connectivity index (χ3v) is 5.71. The van der Waals surface area contributed by atoms with Crippen molar-refractivity contribution in [1.82, 2.24) is 4.90 Å². The molecule has 0 atom stereocenters. The number of rotatable bonds is 2. The molecule has 0 aromatic heterocycles. The van der Waals surface area contributed by atoms with Gasteiger partial charge in [-0.15, -0.1) is 0 Å². The summed E-state index contributed by atoms with van der Waals surface area (Å²) in [6.45, 7) is 2.77. The molecule has 2 aliphatic heterocycles. The number of ether oxygens (including phenoxy) is 1. The lowest BCUT2D eigenvalue weighted by Crippen LogP contribution is -2.50. The van der Waals surface area contributed by atoms with Crippen LogP contribution in [0, 0.1) is 0 Å². The Labute approximate surface area is 169 Å². The first-order valence-corrected chi connectivity index (χ1v) is 9.89. The van der Waals surface area contributed by atoms with Gasteiger partial charge in [-0.1, -0.05) is 42.5 Å². The minimum atomic E-state index is -0.344. The van der Waals surface area contributed by atoms with Gasteiger partial charge < -0.3 is 19.6 Å². The van der Waals surface area contributed by atoms with Gasteiger partial charge in [0.05, 0.1) is 5.92 Å². The number of aromatic hydroxyl groups is 1. The Hall–Kier alpha value is -3.47. The fraction of sp³-hybridized carbons (Fsp3) is 0.208. The van der Waals surface area contributed by atoms with E-state index in [0.29, 0.717) is 13.1 Å². The zero-order chi connectivity index (χ0) is 19.8. The number of para-hydroxylation sites is 2. The number of phenols is 1. The first kappa shape index (κ1) is 17.6. The molecule has 0 saturated carbocycles. The van der Waals surface area contributed by atoms with Crippen LogP contribution in [0.4, 0.5) is 5.69 Å². The zero-order valence-electron chi connectivity index (χ0n) is 16.0. The van der Waals surface area contributed by atoms with Crippen LogP contribution in [0.2, 0.25) is 0 Å². The van der Waals surface area contributed by atoms with E-state index in [-0.39, 0.29) is 17.6 Å². The number of anilines is 1. The molecule has 1 amide bonds. The SMILES string of the molecule is O=C(C1c2ccccc2Oc2ccccc21)N1CCN(c2cccc(O)c2)CC1. The summed E-state index contributed by atoms with van der Waals surface area (Å²) in [6, 6.07) is 22.9. The molecule has 0 bridgehead atoms. The van der Waals surface area contributed by atoms with E-state index in [1.807, 2.05) is 65.6 Å². The molecule has 3 aromatic rings. The number of hydrogen-bond donors (Lipinski definition) is 1. The van der Waals surface area contributed by atoms with Crippen LogP contribution in [0.3, 0.4) is 0 Å². The van der Waals surface area contributed by atoms with Crippen molar-refractivity contribution in [3.05, 3.63) is 83.9 Å². The Morgan fingerprint density at radius 2 is 1.45 bits per heavy atom. The van der Waals surface area contributed by atoms with Crippen LogP contribution in [0.1, 0.15) is 17.0 Å². The Bertz CT molecular complexity index is 1010. The van der Waals surface area contributed by atoms with Crippen molar-refractivity contribution in [1.29, 1.82) is 0 Å². The maximum atomic E-state index is 13.6. The molecule has 146 valence electrons. The number of piperazine rings is 1. The number of phenolic OH excluding ortho intramolecular Hbond substituents is 1. The summed E-state index contributed by atoms with van der Waals surface area (Å²) in [5.74, 6) is 1.54. The smallest absolute Gasteiger partial charge is 0.234 e. The maximum absolute atomic E-state index is 13.6. The normalized spacial score (nSPS) is 16.0. The van der Waals surface area contributed by atoms with E-state index in [0.717, 1.165) is 41.4 Å². The van der Waals surface area contributed by atoms with Crippen molar-refractivity contribution in [2.75, 3.05) is 31.1 Å². The molecular formula is C24H22N2O3. The predicted molar refractivity (Wildman–Crippen MR) is 112 cm³/mol. The second kappa shape index (κ2) is 7.17. The highest BCUT2D eigenvalue weighted by Gasteiger charge is 2.36. The number of carbonyl (C=O) groups excluding carboxylic acids is 1. The van der Waals surface area contributed by atoms with Gasteiger partial charge in [-0.2, -0.15) is 0 Å². The summed E-state index contributed by atoms with van der Waals surface area (Å²) in [5, 5.41) is 9.74. The summed E-state index contributed by atoms with van der Waals surface area (Å²) in [5.41, 5.74) is 2.83. The average Bonchev–Trinajstić information content (AvgIpc) is 2.77. The molecule has 0 spiro atoms. The minimum absolute atomic E-state index is 0.115. The Balaban J connectivity index is 1.39. The molecule has 0 radical (unpaired) electrons. The Morgan fingerprint density at radius 1 is 0.828 bits per heavy atom. The van der Waals surface area contributed by atoms with Crippen molar-refractivity contribution in [3.8, 4) is 17.2 Å². The Morgan fingerprint density at radius 3 is 2.07 bits per heavy atom. The summed E-state index contributed by atoms with van der Waals surface area (Å²) < 4.78 is 6.03. The van der Waals surface area contributed by atoms with Gasteiger partial charge in [0.1, 0.15) is 17.2 Å². The zero-order valence-corrected chi connectivity index (χ0v) is 16.0. The number of benzene rings is 3. The number of hydrogen-bond acceptors (Lipinski definition) is 4. The quantitative estimate of drug-likeness (QED) is 0.724. The van der Waals surface area contributed by atoms with Crippen LogP contribution < -0.4 is 9.64 Å². The fourth-order valence-electron chi connectivity index (χ4n) is 4.23. The molecule has 3 aromatic carbocycles. The van der Waals surface area contributed by atoms with Crippen LogP contribution in [0.5, 0.6) is 17.2 Å². The largest absolute Gasteiger partial charge is 0.508 e. The van der Waals surface area contributed by atoms with E-state index < -0.39 is 0 Å². The van der Waals surface area contributed by atoms with Gasteiger partial charge in [-0.25, -0.2) is 0 Å². The van der Waals surface area contributed by atoms with Crippen LogP contribution in [0.25, 0.3) is 0 Å². The van der Waals surface area contributed by atoms with Gasteiger partial charge in [0.2, 0.25) is 5.91 Å². The molecule has 1 N–H and O–H groups in total. The molecule has 5 nitrogen and oxygen atoms in total. The third kappa shape index (κ3) is 3.18. The van der Waals surface area contributed by atoms with E-state index in [1.165, 1.54) is 0 Å². The van der Waals surface area contributed by atoms with Crippen LogP contribution in [0.15, 0.2) is 72.8 Å². The van der Waals surface area contributed by atoms with Gasteiger partial charge in [0.25, 0.3) is 0 Å². The van der Waals surface area contributed by atoms with E-state index in [1.54, 1.807) is 12.1 Å². The fourth-order valence-corrected chi connectivity index (χ4v) is 4.23. The summed E-state index contributed by atoms with van der Waals surface area (Å²) in [6.07, 6.45) is 0. The molecule has 29 heavy (non-hydrogen) atoms. The molecular weight excluding hydrogens is 364 g/mol. The first-order valence-electron chi connectivity index (χ1n) is 9.89. The molecule has 2 heterocycles. The molecule has 1 fully saturated rings. The molecule has 5 rings (SSSR count). The van der Waals surface area contributed by atoms with E-state index in [9.17, 15) is 9.90 Å². The molecule has 0 aliphatic carbocycles. The van der Waals surface area contributed by atoms with E-state index in [2.05, 4.69) is 4.90 Å². The number of fused-ring (bicyclic) bond motifs is 2. The van der Waals surface area contributed by atoms with Gasteiger partial charge in [-0.05, 0) is 24.3 Å². The number of carbonyl (C=O) groups is 1.